The largest absolute Gasteiger partial charge is 0.477 e. The van der Waals surface area contributed by atoms with Crippen molar-refractivity contribution in [2.45, 2.75) is 30.7 Å². The van der Waals surface area contributed by atoms with Crippen LogP contribution in [0.1, 0.15) is 5.69 Å². The van der Waals surface area contributed by atoms with Gasteiger partial charge in [0.1, 0.15) is 18.0 Å². The summed E-state index contributed by atoms with van der Waals surface area (Å²) in [6, 6.07) is 5.29. The first kappa shape index (κ1) is 13.7. The van der Waals surface area contributed by atoms with Crippen LogP contribution in [0.25, 0.3) is 11.0 Å². The van der Waals surface area contributed by atoms with E-state index in [1.807, 2.05) is 13.0 Å². The summed E-state index contributed by atoms with van der Waals surface area (Å²) < 4.78 is 10.8. The van der Waals surface area contributed by atoms with Crippen molar-refractivity contribution in [1.29, 1.82) is 0 Å². The Bertz CT molecular complexity index is 616. The van der Waals surface area contributed by atoms with E-state index >= 15 is 0 Å². The second kappa shape index (κ2) is 5.25. The molecule has 6 nitrogen and oxygen atoms in total. The SMILES string of the molecule is Cc1noc2cc(O[C@@H]3SC[C@@H](O)[C@H](O)[C@H]3O)ccc12. The summed E-state index contributed by atoms with van der Waals surface area (Å²) in [5.41, 5.74) is 0.780. The van der Waals surface area contributed by atoms with Gasteiger partial charge in [0, 0.05) is 17.2 Å². The Morgan fingerprint density at radius 3 is 2.90 bits per heavy atom. The van der Waals surface area contributed by atoms with Crippen LogP contribution >= 0.6 is 11.8 Å². The van der Waals surface area contributed by atoms with Crippen LogP contribution in [0, 0.1) is 6.92 Å². The van der Waals surface area contributed by atoms with Gasteiger partial charge in [0.15, 0.2) is 11.0 Å². The molecule has 0 bridgehead atoms. The molecule has 3 rings (SSSR count). The van der Waals surface area contributed by atoms with Crippen molar-refractivity contribution in [2.24, 2.45) is 0 Å². The van der Waals surface area contributed by atoms with Gasteiger partial charge in [-0.1, -0.05) is 5.16 Å². The molecule has 0 saturated carbocycles. The molecule has 2 aromatic rings. The van der Waals surface area contributed by atoms with Gasteiger partial charge in [-0.3, -0.25) is 0 Å². The van der Waals surface area contributed by atoms with Gasteiger partial charge in [-0.25, -0.2) is 0 Å². The number of hydrogen-bond acceptors (Lipinski definition) is 7. The lowest BCUT2D eigenvalue weighted by Crippen LogP contribution is -2.50. The van der Waals surface area contributed by atoms with Gasteiger partial charge in [-0.15, -0.1) is 11.8 Å². The highest BCUT2D eigenvalue weighted by atomic mass is 32.2. The van der Waals surface area contributed by atoms with Crippen LogP contribution in [0.5, 0.6) is 5.75 Å². The van der Waals surface area contributed by atoms with Gasteiger partial charge >= 0.3 is 0 Å². The third-order valence-corrected chi connectivity index (χ3v) is 4.57. The summed E-state index contributed by atoms with van der Waals surface area (Å²) in [6.45, 7) is 1.85. The minimum Gasteiger partial charge on any atom is -0.477 e. The van der Waals surface area contributed by atoms with Crippen molar-refractivity contribution in [3.05, 3.63) is 23.9 Å². The quantitative estimate of drug-likeness (QED) is 0.749. The number of aromatic nitrogens is 1. The van der Waals surface area contributed by atoms with Gasteiger partial charge in [-0.2, -0.15) is 0 Å². The smallest absolute Gasteiger partial charge is 0.173 e. The molecule has 4 atom stereocenters. The van der Waals surface area contributed by atoms with Crippen molar-refractivity contribution in [3.63, 3.8) is 0 Å². The molecule has 7 heteroatoms. The molecule has 1 aliphatic heterocycles. The minimum atomic E-state index is -1.20. The van der Waals surface area contributed by atoms with E-state index in [0.29, 0.717) is 17.1 Å². The molecule has 0 unspecified atom stereocenters. The normalized spacial score (nSPS) is 30.6. The van der Waals surface area contributed by atoms with Crippen LogP contribution in [-0.4, -0.2) is 50.0 Å². The Kier molecular flexibility index (Phi) is 3.59. The van der Waals surface area contributed by atoms with Gasteiger partial charge in [0.25, 0.3) is 0 Å². The molecule has 0 amide bonds. The lowest BCUT2D eigenvalue weighted by molar-refractivity contribution is -0.0786. The summed E-state index contributed by atoms with van der Waals surface area (Å²) in [7, 11) is 0. The van der Waals surface area contributed by atoms with E-state index in [1.165, 1.54) is 11.8 Å². The second-order valence-electron chi connectivity index (χ2n) is 4.79. The first-order valence-electron chi connectivity index (χ1n) is 6.25. The number of ether oxygens (including phenoxy) is 1. The molecule has 2 heterocycles. The lowest BCUT2D eigenvalue weighted by Gasteiger charge is -2.34. The molecule has 1 saturated heterocycles. The summed E-state index contributed by atoms with van der Waals surface area (Å²) in [4.78, 5) is 0. The number of aliphatic hydroxyl groups excluding tert-OH is 3. The van der Waals surface area contributed by atoms with E-state index in [0.717, 1.165) is 11.1 Å². The second-order valence-corrected chi connectivity index (χ2v) is 5.93. The Labute approximate surface area is 119 Å². The highest BCUT2D eigenvalue weighted by molar-refractivity contribution is 7.99. The third kappa shape index (κ3) is 2.37. The van der Waals surface area contributed by atoms with Crippen LogP contribution in [-0.2, 0) is 0 Å². The number of nitrogens with zero attached hydrogens (tertiary/aromatic N) is 1. The summed E-state index contributed by atoms with van der Waals surface area (Å²) in [5.74, 6) is 0.834. The number of hydrogen-bond donors (Lipinski definition) is 3. The number of aryl methyl sites for hydroxylation is 1. The molecule has 0 spiro atoms. The first-order valence-corrected chi connectivity index (χ1v) is 7.29. The van der Waals surface area contributed by atoms with Crippen molar-refractivity contribution >= 4 is 22.7 Å². The number of thioether (sulfide) groups is 1. The number of fused-ring (bicyclic) bond motifs is 1. The number of rotatable bonds is 2. The average Bonchev–Trinajstić information content (AvgIpc) is 2.81. The molecule has 1 aromatic heterocycles. The molecule has 20 heavy (non-hydrogen) atoms. The number of benzene rings is 1. The van der Waals surface area contributed by atoms with E-state index in [4.69, 9.17) is 9.26 Å². The van der Waals surface area contributed by atoms with E-state index in [9.17, 15) is 15.3 Å². The number of aliphatic hydroxyl groups is 3. The van der Waals surface area contributed by atoms with E-state index in [-0.39, 0.29) is 0 Å². The molecular formula is C13H15NO5S. The zero-order valence-corrected chi connectivity index (χ0v) is 11.6. The molecule has 0 radical (unpaired) electrons. The third-order valence-electron chi connectivity index (χ3n) is 3.33. The van der Waals surface area contributed by atoms with Gasteiger partial charge in [0.05, 0.1) is 11.8 Å². The van der Waals surface area contributed by atoms with Crippen molar-refractivity contribution in [1.82, 2.24) is 5.16 Å². The fourth-order valence-corrected chi connectivity index (χ4v) is 3.26. The van der Waals surface area contributed by atoms with Crippen molar-refractivity contribution in [3.8, 4) is 5.75 Å². The van der Waals surface area contributed by atoms with E-state index < -0.39 is 23.7 Å². The molecule has 3 N–H and O–H groups in total. The van der Waals surface area contributed by atoms with Gasteiger partial charge in [0.2, 0.25) is 0 Å². The first-order chi connectivity index (χ1) is 9.56. The van der Waals surface area contributed by atoms with Crippen LogP contribution in [0.2, 0.25) is 0 Å². The highest BCUT2D eigenvalue weighted by Gasteiger charge is 2.38. The lowest BCUT2D eigenvalue weighted by atomic mass is 10.1. The monoisotopic (exact) mass is 297 g/mol. The Balaban J connectivity index is 1.79. The predicted molar refractivity (Wildman–Crippen MR) is 73.6 cm³/mol. The van der Waals surface area contributed by atoms with Crippen LogP contribution < -0.4 is 4.74 Å². The maximum absolute atomic E-state index is 9.89. The van der Waals surface area contributed by atoms with Crippen LogP contribution in [0.15, 0.2) is 22.7 Å². The zero-order chi connectivity index (χ0) is 14.3. The molecule has 1 fully saturated rings. The van der Waals surface area contributed by atoms with Crippen molar-refractivity contribution < 1.29 is 24.6 Å². The van der Waals surface area contributed by atoms with E-state index in [1.54, 1.807) is 12.1 Å². The molecule has 108 valence electrons. The molecule has 1 aromatic carbocycles. The van der Waals surface area contributed by atoms with Gasteiger partial charge < -0.3 is 24.6 Å². The standard InChI is InChI=1S/C13H15NO5S/c1-6-8-3-2-7(4-10(8)19-14-6)18-13-12(17)11(16)9(15)5-20-13/h2-4,9,11-13,15-17H,5H2,1H3/t9-,11+,12-,13-/m1/s1. The summed E-state index contributed by atoms with van der Waals surface area (Å²) in [5, 5.41) is 33.8. The fraction of sp³-hybridized carbons (Fsp3) is 0.462. The molecular weight excluding hydrogens is 282 g/mol. The molecule has 1 aliphatic rings. The average molecular weight is 297 g/mol. The summed E-state index contributed by atoms with van der Waals surface area (Å²) in [6.07, 6.45) is -3.28. The Morgan fingerprint density at radius 1 is 1.30 bits per heavy atom. The zero-order valence-electron chi connectivity index (χ0n) is 10.8. The van der Waals surface area contributed by atoms with Crippen LogP contribution in [0.4, 0.5) is 0 Å². The predicted octanol–water partition coefficient (Wildman–Crippen LogP) is 0.671. The topological polar surface area (TPSA) is 96.0 Å². The molecule has 0 aliphatic carbocycles. The fourth-order valence-electron chi connectivity index (χ4n) is 2.13. The Morgan fingerprint density at radius 2 is 2.10 bits per heavy atom. The van der Waals surface area contributed by atoms with Gasteiger partial charge in [-0.05, 0) is 19.1 Å². The highest BCUT2D eigenvalue weighted by Crippen LogP contribution is 2.31. The van der Waals surface area contributed by atoms with Crippen molar-refractivity contribution in [2.75, 3.05) is 5.75 Å². The Hall–Kier alpha value is -1.28. The summed E-state index contributed by atoms with van der Waals surface area (Å²) >= 11 is 1.26. The maximum atomic E-state index is 9.89. The maximum Gasteiger partial charge on any atom is 0.173 e. The minimum absolute atomic E-state index is 0.312. The van der Waals surface area contributed by atoms with Crippen LogP contribution in [0.3, 0.4) is 0 Å². The van der Waals surface area contributed by atoms with E-state index in [2.05, 4.69) is 5.16 Å².